The molecule has 82 valence electrons. The minimum atomic E-state index is -0.173. The quantitative estimate of drug-likeness (QED) is 0.626. The van der Waals surface area contributed by atoms with Crippen molar-refractivity contribution in [3.05, 3.63) is 0 Å². The Hall–Kier alpha value is -0.610. The summed E-state index contributed by atoms with van der Waals surface area (Å²) in [7, 11) is 1.41. The predicted octanol–water partition coefficient (Wildman–Crippen LogP) is 0.252. The summed E-state index contributed by atoms with van der Waals surface area (Å²) in [6, 6.07) is 0.578. The number of hydrogen-bond acceptors (Lipinski definition) is 4. The van der Waals surface area contributed by atoms with E-state index >= 15 is 0 Å². The highest BCUT2D eigenvalue weighted by Gasteiger charge is 2.30. The molecule has 1 rings (SSSR count). The van der Waals surface area contributed by atoms with Crippen molar-refractivity contribution in [1.29, 1.82) is 0 Å². The van der Waals surface area contributed by atoms with Gasteiger partial charge in [-0.1, -0.05) is 6.92 Å². The lowest BCUT2D eigenvalue weighted by Crippen LogP contribution is -2.36. The van der Waals surface area contributed by atoms with Crippen LogP contribution in [0.1, 0.15) is 19.8 Å². The Kier molecular flexibility index (Phi) is 4.35. The van der Waals surface area contributed by atoms with Gasteiger partial charge < -0.3 is 9.84 Å². The fourth-order valence-electron chi connectivity index (χ4n) is 1.62. The van der Waals surface area contributed by atoms with Crippen LogP contribution in [0.5, 0.6) is 0 Å². The Balaban J connectivity index is 2.33. The molecule has 0 spiro atoms. The van der Waals surface area contributed by atoms with Crippen LogP contribution < -0.4 is 0 Å². The third-order valence-corrected chi connectivity index (χ3v) is 2.56. The van der Waals surface area contributed by atoms with Gasteiger partial charge in [-0.05, 0) is 12.8 Å². The average Bonchev–Trinajstić information content (AvgIpc) is 2.99. The van der Waals surface area contributed by atoms with Crippen LogP contribution in [0, 0.1) is 5.92 Å². The third-order valence-electron chi connectivity index (χ3n) is 2.56. The number of aliphatic hydroxyl groups is 1. The second-order valence-electron chi connectivity index (χ2n) is 3.87. The Morgan fingerprint density at radius 1 is 1.64 bits per heavy atom. The van der Waals surface area contributed by atoms with Crippen molar-refractivity contribution in [3.8, 4) is 0 Å². The van der Waals surface area contributed by atoms with Gasteiger partial charge in [0.1, 0.15) is 0 Å². The summed E-state index contributed by atoms with van der Waals surface area (Å²) >= 11 is 0. The zero-order valence-corrected chi connectivity index (χ0v) is 8.90. The number of carbonyl (C=O) groups excluding carboxylic acids is 1. The van der Waals surface area contributed by atoms with Gasteiger partial charge in [-0.3, -0.25) is 9.69 Å². The molecule has 0 aliphatic heterocycles. The zero-order chi connectivity index (χ0) is 10.6. The van der Waals surface area contributed by atoms with Gasteiger partial charge in [0, 0.05) is 19.1 Å². The first kappa shape index (κ1) is 11.5. The fourth-order valence-corrected chi connectivity index (χ4v) is 1.62. The van der Waals surface area contributed by atoms with Gasteiger partial charge in [0.2, 0.25) is 0 Å². The van der Waals surface area contributed by atoms with E-state index in [1.165, 1.54) is 20.0 Å². The molecule has 1 N–H and O–H groups in total. The molecule has 14 heavy (non-hydrogen) atoms. The standard InChI is InChI=1S/C10H19NO3/c1-8(10(13)14-2)7-11(5-6-12)9-3-4-9/h8-9,12H,3-7H2,1-2H3. The van der Waals surface area contributed by atoms with Gasteiger partial charge >= 0.3 is 5.97 Å². The van der Waals surface area contributed by atoms with Crippen molar-refractivity contribution in [2.45, 2.75) is 25.8 Å². The van der Waals surface area contributed by atoms with E-state index in [9.17, 15) is 4.79 Å². The normalized spacial score (nSPS) is 18.3. The molecule has 0 bridgehead atoms. The SMILES string of the molecule is COC(=O)C(C)CN(CCO)C1CC1. The first-order valence-electron chi connectivity index (χ1n) is 5.11. The summed E-state index contributed by atoms with van der Waals surface area (Å²) < 4.78 is 4.66. The molecule has 0 heterocycles. The highest BCUT2D eigenvalue weighted by atomic mass is 16.5. The molecule has 1 saturated carbocycles. The van der Waals surface area contributed by atoms with E-state index < -0.39 is 0 Å². The lowest BCUT2D eigenvalue weighted by Gasteiger charge is -2.23. The minimum Gasteiger partial charge on any atom is -0.469 e. The summed E-state index contributed by atoms with van der Waals surface area (Å²) in [6.45, 7) is 3.37. The van der Waals surface area contributed by atoms with Gasteiger partial charge in [-0.15, -0.1) is 0 Å². The summed E-state index contributed by atoms with van der Waals surface area (Å²) in [4.78, 5) is 13.4. The van der Waals surface area contributed by atoms with E-state index in [0.29, 0.717) is 19.1 Å². The number of aliphatic hydroxyl groups excluding tert-OH is 1. The Labute approximate surface area is 84.8 Å². The van der Waals surface area contributed by atoms with Crippen LogP contribution in [-0.2, 0) is 9.53 Å². The van der Waals surface area contributed by atoms with Crippen LogP contribution in [0.3, 0.4) is 0 Å². The fraction of sp³-hybridized carbons (Fsp3) is 0.900. The maximum atomic E-state index is 11.2. The Morgan fingerprint density at radius 3 is 2.71 bits per heavy atom. The predicted molar refractivity (Wildman–Crippen MR) is 52.9 cm³/mol. The molecule has 0 aromatic carbocycles. The molecule has 1 aliphatic carbocycles. The lowest BCUT2D eigenvalue weighted by molar-refractivity contribution is -0.145. The van der Waals surface area contributed by atoms with Crippen molar-refractivity contribution in [2.75, 3.05) is 26.8 Å². The lowest BCUT2D eigenvalue weighted by atomic mass is 10.1. The maximum absolute atomic E-state index is 11.2. The largest absolute Gasteiger partial charge is 0.469 e. The van der Waals surface area contributed by atoms with E-state index in [-0.39, 0.29) is 18.5 Å². The molecule has 0 radical (unpaired) electrons. The number of rotatable bonds is 6. The zero-order valence-electron chi connectivity index (χ0n) is 8.90. The van der Waals surface area contributed by atoms with Crippen LogP contribution >= 0.6 is 0 Å². The topological polar surface area (TPSA) is 49.8 Å². The third kappa shape index (κ3) is 3.27. The molecule has 0 aromatic heterocycles. The number of esters is 1. The van der Waals surface area contributed by atoms with Crippen LogP contribution in [0.15, 0.2) is 0 Å². The van der Waals surface area contributed by atoms with Gasteiger partial charge in [0.15, 0.2) is 0 Å². The molecule has 0 saturated heterocycles. The van der Waals surface area contributed by atoms with Crippen molar-refractivity contribution < 1.29 is 14.6 Å². The van der Waals surface area contributed by atoms with Crippen molar-refractivity contribution in [1.82, 2.24) is 4.90 Å². The number of ether oxygens (including phenoxy) is 1. The van der Waals surface area contributed by atoms with Crippen LogP contribution in [-0.4, -0.2) is 48.8 Å². The molecule has 1 fully saturated rings. The average molecular weight is 201 g/mol. The summed E-state index contributed by atoms with van der Waals surface area (Å²) in [5, 5.41) is 8.86. The molecule has 1 unspecified atom stereocenters. The van der Waals surface area contributed by atoms with Crippen LogP contribution in [0.2, 0.25) is 0 Å². The van der Waals surface area contributed by atoms with Crippen molar-refractivity contribution >= 4 is 5.97 Å². The summed E-state index contributed by atoms with van der Waals surface area (Å²) in [5.74, 6) is -0.277. The Bertz CT molecular complexity index is 192. The number of hydrogen-bond donors (Lipinski definition) is 1. The Morgan fingerprint density at radius 2 is 2.29 bits per heavy atom. The molecule has 0 aromatic rings. The monoisotopic (exact) mass is 201 g/mol. The molecule has 1 atom stereocenters. The van der Waals surface area contributed by atoms with E-state index in [0.717, 1.165) is 0 Å². The molecular weight excluding hydrogens is 182 g/mol. The van der Waals surface area contributed by atoms with E-state index in [1.807, 2.05) is 6.92 Å². The van der Waals surface area contributed by atoms with Gasteiger partial charge in [-0.2, -0.15) is 0 Å². The van der Waals surface area contributed by atoms with Crippen LogP contribution in [0.25, 0.3) is 0 Å². The number of nitrogens with zero attached hydrogens (tertiary/aromatic N) is 1. The van der Waals surface area contributed by atoms with Gasteiger partial charge in [-0.25, -0.2) is 0 Å². The molecule has 1 aliphatic rings. The highest BCUT2D eigenvalue weighted by molar-refractivity contribution is 5.72. The van der Waals surface area contributed by atoms with E-state index in [2.05, 4.69) is 9.64 Å². The highest BCUT2D eigenvalue weighted by Crippen LogP contribution is 2.27. The minimum absolute atomic E-state index is 0.104. The molecule has 0 amide bonds. The van der Waals surface area contributed by atoms with Crippen molar-refractivity contribution in [2.24, 2.45) is 5.92 Å². The summed E-state index contributed by atoms with van der Waals surface area (Å²) in [6.07, 6.45) is 2.38. The number of methoxy groups -OCH3 is 1. The smallest absolute Gasteiger partial charge is 0.309 e. The first-order chi connectivity index (χ1) is 6.69. The summed E-state index contributed by atoms with van der Waals surface area (Å²) in [5.41, 5.74) is 0. The molecule has 4 heteroatoms. The molecular formula is C10H19NO3. The van der Waals surface area contributed by atoms with Gasteiger partial charge in [0.05, 0.1) is 19.6 Å². The second kappa shape index (κ2) is 5.32. The molecule has 4 nitrogen and oxygen atoms in total. The second-order valence-corrected chi connectivity index (χ2v) is 3.87. The number of carbonyl (C=O) groups is 1. The first-order valence-corrected chi connectivity index (χ1v) is 5.11. The van der Waals surface area contributed by atoms with Gasteiger partial charge in [0.25, 0.3) is 0 Å². The van der Waals surface area contributed by atoms with E-state index in [4.69, 9.17) is 5.11 Å². The van der Waals surface area contributed by atoms with Crippen molar-refractivity contribution in [3.63, 3.8) is 0 Å². The maximum Gasteiger partial charge on any atom is 0.309 e. The van der Waals surface area contributed by atoms with E-state index in [1.54, 1.807) is 0 Å². The van der Waals surface area contributed by atoms with Crippen LogP contribution in [0.4, 0.5) is 0 Å².